The maximum Gasteiger partial charge on any atom is 0.235 e. The fourth-order valence-corrected chi connectivity index (χ4v) is 5.68. The van der Waals surface area contributed by atoms with E-state index in [1.807, 2.05) is 71.1 Å². The predicted molar refractivity (Wildman–Crippen MR) is 248 cm³/mol. The normalized spacial score (nSPS) is 10.8. The molecule has 0 radical (unpaired) electrons. The van der Waals surface area contributed by atoms with Crippen molar-refractivity contribution < 1.29 is 48.8 Å². The Morgan fingerprint density at radius 1 is 0.354 bits per heavy atom. The molecule has 28 nitrogen and oxygen atoms in total. The van der Waals surface area contributed by atoms with E-state index in [4.69, 9.17) is 72.8 Å². The summed E-state index contributed by atoms with van der Waals surface area (Å²) in [4.78, 5) is 58.0. The highest BCUT2D eigenvalue weighted by atomic mass is 16.5. The van der Waals surface area contributed by atoms with Gasteiger partial charge in [0.2, 0.25) is 53.5 Å². The Morgan fingerprint density at radius 3 is 1.02 bits per heavy atom. The van der Waals surface area contributed by atoms with Gasteiger partial charge in [0, 0.05) is 89.5 Å². The minimum atomic E-state index is -0.00313. The highest BCUT2D eigenvalue weighted by Crippen LogP contribution is 2.24. The predicted octanol–water partition coefficient (Wildman–Crippen LogP) is -0.299. The second kappa shape index (κ2) is 31.7. The summed E-state index contributed by atoms with van der Waals surface area (Å²) < 4.78 is 45.0. The summed E-state index contributed by atoms with van der Waals surface area (Å²) in [6.45, 7) is 14.5. The number of anilines is 9. The van der Waals surface area contributed by atoms with Gasteiger partial charge in [-0.05, 0) is 34.6 Å². The first-order valence-corrected chi connectivity index (χ1v) is 20.6. The van der Waals surface area contributed by atoms with Crippen LogP contribution in [0.3, 0.4) is 0 Å². The second-order valence-electron chi connectivity index (χ2n) is 13.5. The van der Waals surface area contributed by atoms with E-state index in [0.717, 1.165) is 0 Å². The molecule has 65 heavy (non-hydrogen) atoms. The Balaban J connectivity index is 0.0000106. The van der Waals surface area contributed by atoms with E-state index in [-0.39, 0.29) is 84.1 Å². The highest BCUT2D eigenvalue weighted by Gasteiger charge is 2.25. The molecule has 0 bridgehead atoms. The van der Waals surface area contributed by atoms with Gasteiger partial charge in [-0.1, -0.05) is 0 Å². The van der Waals surface area contributed by atoms with E-state index >= 15 is 0 Å². The van der Waals surface area contributed by atoms with Crippen molar-refractivity contribution in [2.24, 2.45) is 0 Å². The molecule has 0 amide bonds. The van der Waals surface area contributed by atoms with Crippen LogP contribution in [-0.2, 0) is 37.9 Å². The fourth-order valence-electron chi connectivity index (χ4n) is 5.68. The van der Waals surface area contributed by atoms with Crippen molar-refractivity contribution in [1.82, 2.24) is 44.9 Å². The molecule has 0 saturated carbocycles. The van der Waals surface area contributed by atoms with Gasteiger partial charge in [-0.15, -0.1) is 0 Å². The number of aromatic nitrogens is 9. The van der Waals surface area contributed by atoms with Gasteiger partial charge >= 0.3 is 0 Å². The Kier molecular flexibility index (Phi) is 28.2. The molecule has 0 spiro atoms. The van der Waals surface area contributed by atoms with E-state index in [2.05, 4.69) is 15.3 Å². The molecule has 0 aliphatic heterocycles. The Labute approximate surface area is 382 Å². The van der Waals surface area contributed by atoms with Crippen LogP contribution in [0.25, 0.3) is 0 Å². The number of hydrogen-bond acceptors (Lipinski definition) is 26. The Morgan fingerprint density at radius 2 is 0.662 bits per heavy atom. The minimum absolute atomic E-state index is 0. The molecule has 0 aliphatic rings. The van der Waals surface area contributed by atoms with E-state index in [0.29, 0.717) is 80.3 Å². The third kappa shape index (κ3) is 17.3. The average molecular weight is 931 g/mol. The molecule has 3 heterocycles. The summed E-state index contributed by atoms with van der Waals surface area (Å²) in [5.41, 5.74) is 0. The van der Waals surface area contributed by atoms with Gasteiger partial charge in [0.15, 0.2) is 0 Å². The SMILES string of the molecule is CCN(C)c1nc(N(COC)COCN(COC)c2nc(NCOC)nc(N(CC)CC)n2)nc(N(COC)CN(COC)c2nc(N(CC)COC)nc(N(CC)COC)n2)n1.O.O. The van der Waals surface area contributed by atoms with Crippen molar-refractivity contribution in [3.63, 3.8) is 0 Å². The maximum absolute atomic E-state index is 6.30. The average Bonchev–Trinajstić information content (AvgIpc) is 3.30. The van der Waals surface area contributed by atoms with Crippen LogP contribution in [0.5, 0.6) is 0 Å². The summed E-state index contributed by atoms with van der Waals surface area (Å²) in [6, 6.07) is 0. The van der Waals surface area contributed by atoms with Gasteiger partial charge in [-0.25, -0.2) is 0 Å². The van der Waals surface area contributed by atoms with Crippen LogP contribution in [0.15, 0.2) is 0 Å². The molecule has 372 valence electrons. The molecule has 0 aliphatic carbocycles. The molecule has 0 saturated heterocycles. The van der Waals surface area contributed by atoms with E-state index in [9.17, 15) is 0 Å². The van der Waals surface area contributed by atoms with Gasteiger partial charge < -0.3 is 73.8 Å². The smallest absolute Gasteiger partial charge is 0.235 e. The van der Waals surface area contributed by atoms with Crippen LogP contribution < -0.4 is 44.5 Å². The second-order valence-corrected chi connectivity index (χ2v) is 13.5. The van der Waals surface area contributed by atoms with E-state index < -0.39 is 0 Å². The lowest BCUT2D eigenvalue weighted by Crippen LogP contribution is -2.43. The minimum Gasteiger partial charge on any atom is -0.412 e. The van der Waals surface area contributed by atoms with Crippen molar-refractivity contribution >= 4 is 53.5 Å². The van der Waals surface area contributed by atoms with Crippen LogP contribution in [0.2, 0.25) is 0 Å². The third-order valence-electron chi connectivity index (χ3n) is 9.05. The molecular weight excluding hydrogens is 857 g/mol. The molecule has 0 aromatic carbocycles. The van der Waals surface area contributed by atoms with Crippen LogP contribution >= 0.6 is 0 Å². The molecule has 0 atom stereocenters. The monoisotopic (exact) mass is 931 g/mol. The first-order chi connectivity index (χ1) is 30.6. The first kappa shape index (κ1) is 57.8. The quantitative estimate of drug-likeness (QED) is 0.0752. The van der Waals surface area contributed by atoms with Crippen molar-refractivity contribution in [2.45, 2.75) is 34.6 Å². The first-order valence-electron chi connectivity index (χ1n) is 20.6. The summed E-state index contributed by atoms with van der Waals surface area (Å²) in [6.07, 6.45) is 0. The molecule has 3 rings (SSSR count). The Bertz CT molecular complexity index is 1700. The number of nitrogens with one attached hydrogen (secondary N) is 1. The molecular formula is C37H74N18O10. The summed E-state index contributed by atoms with van der Waals surface area (Å²) in [5, 5.41) is 3.07. The lowest BCUT2D eigenvalue weighted by molar-refractivity contribution is 0.0854. The van der Waals surface area contributed by atoms with Crippen molar-refractivity contribution in [3.05, 3.63) is 0 Å². The molecule has 0 fully saturated rings. The van der Waals surface area contributed by atoms with Crippen molar-refractivity contribution in [1.29, 1.82) is 0 Å². The van der Waals surface area contributed by atoms with Crippen molar-refractivity contribution in [2.75, 3.05) is 201 Å². The van der Waals surface area contributed by atoms with E-state index in [1.165, 1.54) is 0 Å². The van der Waals surface area contributed by atoms with Crippen LogP contribution in [-0.4, -0.2) is 213 Å². The molecule has 0 unspecified atom stereocenters. The van der Waals surface area contributed by atoms with Crippen LogP contribution in [0.1, 0.15) is 34.6 Å². The molecule has 3 aromatic rings. The Hall–Kier alpha value is -5.17. The van der Waals surface area contributed by atoms with Gasteiger partial charge in [0.1, 0.15) is 67.2 Å². The fraction of sp³-hybridized carbons (Fsp3) is 0.757. The highest BCUT2D eigenvalue weighted by molar-refractivity contribution is 5.50. The zero-order chi connectivity index (χ0) is 46.1. The number of hydrogen-bond donors (Lipinski definition) is 1. The van der Waals surface area contributed by atoms with Gasteiger partial charge in [-0.2, -0.15) is 44.9 Å². The van der Waals surface area contributed by atoms with Crippen LogP contribution in [0, 0.1) is 0 Å². The number of rotatable bonds is 34. The van der Waals surface area contributed by atoms with Crippen LogP contribution in [0.4, 0.5) is 53.5 Å². The zero-order valence-electron chi connectivity index (χ0n) is 40.5. The third-order valence-corrected chi connectivity index (χ3v) is 9.05. The van der Waals surface area contributed by atoms with Gasteiger partial charge in [-0.3, -0.25) is 19.6 Å². The summed E-state index contributed by atoms with van der Waals surface area (Å²) in [5.74, 6) is 3.35. The number of nitrogens with zero attached hydrogens (tertiary/aromatic N) is 17. The van der Waals surface area contributed by atoms with Gasteiger partial charge in [0.25, 0.3) is 0 Å². The molecule has 5 N–H and O–H groups in total. The number of ether oxygens (including phenoxy) is 8. The van der Waals surface area contributed by atoms with Gasteiger partial charge in [0.05, 0.1) is 0 Å². The zero-order valence-corrected chi connectivity index (χ0v) is 40.5. The topological polar surface area (TPSA) is 291 Å². The molecule has 3 aromatic heterocycles. The standard InChI is InChI=1S/C37H70N18O8.2H2O/c1-14-48(6)30-41-35(52(23-59-10)20-53(24-60-11)36-45-33(50(17-4)21-57-8)44-34(46-36)51(18-5)22-58-9)47-37(42-30)55(26-62-13)28-63-27-54(25-61-12)32-40-29(38-19-56-7)39-31(43-32)49(15-2)16-3;;/h14-28H2,1-13H3,(H,38,39,40,43);2*1H2. The summed E-state index contributed by atoms with van der Waals surface area (Å²) >= 11 is 0. The summed E-state index contributed by atoms with van der Waals surface area (Å²) in [7, 11) is 13.1. The van der Waals surface area contributed by atoms with E-state index in [1.54, 1.807) is 59.6 Å². The largest absolute Gasteiger partial charge is 0.412 e. The lowest BCUT2D eigenvalue weighted by atomic mass is 10.5. The molecule has 28 heteroatoms. The number of methoxy groups -OCH3 is 7. The van der Waals surface area contributed by atoms with Crippen molar-refractivity contribution in [3.8, 4) is 0 Å². The maximum atomic E-state index is 6.30. The lowest BCUT2D eigenvalue weighted by Gasteiger charge is -2.32.